The molecule has 1 aliphatic rings. The fourth-order valence-electron chi connectivity index (χ4n) is 4.40. The highest BCUT2D eigenvalue weighted by Gasteiger charge is 2.28. The van der Waals surface area contributed by atoms with Crippen LogP contribution in [-0.2, 0) is 0 Å². The van der Waals surface area contributed by atoms with E-state index in [2.05, 4.69) is 71.5 Å². The molecule has 2 aromatic rings. The van der Waals surface area contributed by atoms with Crippen molar-refractivity contribution in [1.82, 2.24) is 0 Å². The zero-order valence-corrected chi connectivity index (χ0v) is 19.3. The monoisotopic (exact) mass is 392 g/mol. The number of thiol groups is 1. The Bertz CT molecular complexity index is 1020. The van der Waals surface area contributed by atoms with Crippen LogP contribution in [0.25, 0.3) is 16.7 Å². The van der Waals surface area contributed by atoms with E-state index in [1.54, 1.807) is 0 Å². The summed E-state index contributed by atoms with van der Waals surface area (Å²) in [6.07, 6.45) is 4.55. The molecule has 3 rings (SSSR count). The van der Waals surface area contributed by atoms with Gasteiger partial charge >= 0.3 is 0 Å². The quantitative estimate of drug-likeness (QED) is 0.576. The van der Waals surface area contributed by atoms with Gasteiger partial charge in [-0.05, 0) is 82.9 Å². The maximum absolute atomic E-state index is 6.53. The van der Waals surface area contributed by atoms with E-state index in [1.165, 1.54) is 27.8 Å². The molecule has 29 heavy (non-hydrogen) atoms. The molecule has 0 nitrogen and oxygen atoms in total. The van der Waals surface area contributed by atoms with Crippen molar-refractivity contribution in [3.05, 3.63) is 52.1 Å². The van der Waals surface area contributed by atoms with Gasteiger partial charge in [0.05, 0.1) is 0 Å². The van der Waals surface area contributed by atoms with Crippen LogP contribution in [0, 0.1) is 19.3 Å². The largest absolute Gasteiger partial charge is 0.145 e. The first-order chi connectivity index (χ1) is 13.5. The minimum atomic E-state index is 0.0458. The van der Waals surface area contributed by atoms with Crippen LogP contribution in [0.2, 0.25) is 0 Å². The summed E-state index contributed by atoms with van der Waals surface area (Å²) >= 11 is 4.48. The highest BCUT2D eigenvalue weighted by atomic mass is 32.1. The van der Waals surface area contributed by atoms with Gasteiger partial charge in [-0.15, -0.1) is 12.6 Å². The summed E-state index contributed by atoms with van der Waals surface area (Å²) in [6, 6.07) is 6.37. The molecule has 4 heteroatoms. The van der Waals surface area contributed by atoms with Gasteiger partial charge in [0.2, 0.25) is 0 Å². The van der Waals surface area contributed by atoms with E-state index < -0.39 is 0 Å². The lowest BCUT2D eigenvalue weighted by molar-refractivity contribution is 0.515. The lowest BCUT2D eigenvalue weighted by atomic mass is 9.68. The molecule has 0 spiro atoms. The summed E-state index contributed by atoms with van der Waals surface area (Å²) in [4.78, 5) is 0.557. The Hall–Kier alpha value is -1.54. The Kier molecular flexibility index (Phi) is 6.07. The van der Waals surface area contributed by atoms with E-state index in [1.807, 2.05) is 6.92 Å². The highest BCUT2D eigenvalue weighted by Crippen LogP contribution is 2.46. The molecule has 6 radical (unpaired) electrons. The van der Waals surface area contributed by atoms with Gasteiger partial charge in [0.1, 0.15) is 23.5 Å². The van der Waals surface area contributed by atoms with E-state index in [0.717, 1.165) is 29.5 Å². The predicted octanol–water partition coefficient (Wildman–Crippen LogP) is 4.18. The third-order valence-corrected chi connectivity index (χ3v) is 6.49. The molecule has 0 atom stereocenters. The van der Waals surface area contributed by atoms with Crippen molar-refractivity contribution in [2.75, 3.05) is 0 Å². The third-order valence-electron chi connectivity index (χ3n) is 6.01. The molecule has 142 valence electrons. The smallest absolute Gasteiger partial charge is 0.115 e. The van der Waals surface area contributed by atoms with Gasteiger partial charge < -0.3 is 0 Å². The Balaban J connectivity index is 2.42. The summed E-state index contributed by atoms with van der Waals surface area (Å²) in [7, 11) is 19.1. The minimum Gasteiger partial charge on any atom is -0.145 e. The average molecular weight is 392 g/mol. The van der Waals surface area contributed by atoms with E-state index in [-0.39, 0.29) is 5.41 Å². The summed E-state index contributed by atoms with van der Waals surface area (Å²) in [5, 5.41) is 0. The van der Waals surface area contributed by atoms with E-state index in [4.69, 9.17) is 23.5 Å². The van der Waals surface area contributed by atoms with E-state index >= 15 is 0 Å². The molecule has 0 amide bonds. The lowest BCUT2D eigenvalue weighted by Crippen LogP contribution is -2.36. The van der Waals surface area contributed by atoms with Gasteiger partial charge in [0.15, 0.2) is 0 Å². The van der Waals surface area contributed by atoms with Crippen molar-refractivity contribution < 1.29 is 0 Å². The second-order valence-electron chi connectivity index (χ2n) is 9.15. The second-order valence-corrected chi connectivity index (χ2v) is 9.60. The number of aryl methyl sites for hydroxylation is 1. The topological polar surface area (TPSA) is 0 Å². The first-order valence-electron chi connectivity index (χ1n) is 10.1. The van der Waals surface area contributed by atoms with Crippen molar-refractivity contribution in [2.45, 2.75) is 59.3 Å². The molecular formula is C25H27B3S. The molecule has 0 heterocycles. The minimum absolute atomic E-state index is 0.0458. The van der Waals surface area contributed by atoms with Crippen LogP contribution in [0.15, 0.2) is 40.3 Å². The molecule has 1 aliphatic carbocycles. The molecule has 0 fully saturated rings. The molecule has 0 aromatic heterocycles. The summed E-state index contributed by atoms with van der Waals surface area (Å²) in [6.45, 7) is 13.2. The zero-order chi connectivity index (χ0) is 21.7. The van der Waals surface area contributed by atoms with Crippen LogP contribution in [-0.4, -0.2) is 23.5 Å². The standard InChI is InChI=1S/C25H27B3S/c1-13-9-7-11-16(20-15(3)21(26)24(29)23(28)22(20)27)18(13)19-14(2)10-8-12-17(19)25(4,5)6/h7,9,11-12,29H,8,10H2,1-6H3. The van der Waals surface area contributed by atoms with Crippen molar-refractivity contribution >= 4 is 58.1 Å². The van der Waals surface area contributed by atoms with Crippen LogP contribution >= 0.6 is 12.6 Å². The molecule has 0 aliphatic heterocycles. The van der Waals surface area contributed by atoms with Gasteiger partial charge in [-0.3, -0.25) is 0 Å². The maximum atomic E-state index is 6.53. The molecule has 0 unspecified atom stereocenters. The van der Waals surface area contributed by atoms with Crippen molar-refractivity contribution in [1.29, 1.82) is 0 Å². The number of benzene rings is 2. The zero-order valence-electron chi connectivity index (χ0n) is 18.4. The first-order valence-corrected chi connectivity index (χ1v) is 10.6. The van der Waals surface area contributed by atoms with Crippen LogP contribution in [0.5, 0.6) is 0 Å². The maximum Gasteiger partial charge on any atom is 0.115 e. The third kappa shape index (κ3) is 3.81. The molecule has 0 bridgehead atoms. The molecule has 2 aromatic carbocycles. The predicted molar refractivity (Wildman–Crippen MR) is 134 cm³/mol. The Labute approximate surface area is 185 Å². The normalized spacial score (nSPS) is 14.9. The van der Waals surface area contributed by atoms with Crippen molar-refractivity contribution in [3.63, 3.8) is 0 Å². The number of rotatable bonds is 2. The van der Waals surface area contributed by atoms with Gasteiger partial charge in [-0.2, -0.15) is 0 Å². The summed E-state index contributed by atoms with van der Waals surface area (Å²) in [5.74, 6) is 0. The number of allylic oxidation sites excluding steroid dienone is 4. The Morgan fingerprint density at radius 3 is 2.17 bits per heavy atom. The Morgan fingerprint density at radius 2 is 1.55 bits per heavy atom. The Morgan fingerprint density at radius 1 is 0.897 bits per heavy atom. The van der Waals surface area contributed by atoms with Crippen LogP contribution in [0.4, 0.5) is 0 Å². The molecule has 0 saturated carbocycles. The molecule has 0 saturated heterocycles. The van der Waals surface area contributed by atoms with Crippen LogP contribution in [0.1, 0.15) is 57.2 Å². The molecule has 0 N–H and O–H groups in total. The van der Waals surface area contributed by atoms with Gasteiger partial charge in [0, 0.05) is 0 Å². The van der Waals surface area contributed by atoms with Crippen molar-refractivity contribution in [3.8, 4) is 11.1 Å². The van der Waals surface area contributed by atoms with E-state index in [9.17, 15) is 0 Å². The second kappa shape index (κ2) is 7.95. The lowest BCUT2D eigenvalue weighted by Gasteiger charge is -2.33. The fourth-order valence-corrected chi connectivity index (χ4v) is 4.68. The summed E-state index contributed by atoms with van der Waals surface area (Å²) < 4.78 is 0. The highest BCUT2D eigenvalue weighted by molar-refractivity contribution is 7.80. The first kappa shape index (κ1) is 22.2. The fraction of sp³-hybridized carbons (Fsp3) is 0.360. The number of hydrogen-bond acceptors (Lipinski definition) is 1. The number of hydrogen-bond donors (Lipinski definition) is 1. The van der Waals surface area contributed by atoms with Crippen molar-refractivity contribution in [2.24, 2.45) is 5.41 Å². The van der Waals surface area contributed by atoms with E-state index in [0.29, 0.717) is 21.3 Å². The SMILES string of the molecule is [B]c1c([B])c(-c2cccc(C)c2C2=C(C)CCC=C2C(C)(C)C)c(C)c([B])c1S. The van der Waals surface area contributed by atoms with Crippen LogP contribution in [0.3, 0.4) is 0 Å². The van der Waals surface area contributed by atoms with Gasteiger partial charge in [0.25, 0.3) is 0 Å². The summed E-state index contributed by atoms with van der Waals surface area (Å²) in [5.41, 5.74) is 11.1. The molecular weight excluding hydrogens is 365 g/mol. The van der Waals surface area contributed by atoms with Crippen LogP contribution < -0.4 is 16.4 Å². The van der Waals surface area contributed by atoms with Gasteiger partial charge in [-0.1, -0.05) is 67.0 Å². The van der Waals surface area contributed by atoms with Gasteiger partial charge in [-0.25, -0.2) is 0 Å². The average Bonchev–Trinajstić information content (AvgIpc) is 2.65.